The van der Waals surface area contributed by atoms with Crippen molar-refractivity contribution in [3.8, 4) is 0 Å². The number of rotatable bonds is 6. The lowest BCUT2D eigenvalue weighted by molar-refractivity contribution is -0.138. The molecule has 0 aromatic carbocycles. The van der Waals surface area contributed by atoms with Crippen LogP contribution < -0.4 is 10.6 Å². The molecule has 0 aromatic heterocycles. The third-order valence-electron chi connectivity index (χ3n) is 4.27. The smallest absolute Gasteiger partial charge is 0.315 e. The summed E-state index contributed by atoms with van der Waals surface area (Å²) in [4.78, 5) is 22.5. The van der Waals surface area contributed by atoms with Crippen LogP contribution in [-0.4, -0.2) is 29.7 Å². The molecule has 1 fully saturated rings. The van der Waals surface area contributed by atoms with E-state index in [1.54, 1.807) is 0 Å². The zero-order chi connectivity index (χ0) is 15.2. The molecule has 0 spiro atoms. The fraction of sp³-hybridized carbons (Fsp3) is 0.867. The van der Waals surface area contributed by atoms with E-state index in [4.69, 9.17) is 5.11 Å². The Morgan fingerprint density at radius 2 is 1.90 bits per heavy atom. The van der Waals surface area contributed by atoms with E-state index in [-0.39, 0.29) is 24.4 Å². The molecule has 0 saturated heterocycles. The number of hydrogen-bond donors (Lipinski definition) is 3. The summed E-state index contributed by atoms with van der Waals surface area (Å²) in [5.74, 6) is -0.808. The van der Waals surface area contributed by atoms with E-state index in [0.29, 0.717) is 12.0 Å². The highest BCUT2D eigenvalue weighted by molar-refractivity contribution is 5.74. The number of urea groups is 1. The predicted molar refractivity (Wildman–Crippen MR) is 78.6 cm³/mol. The fourth-order valence-corrected chi connectivity index (χ4v) is 2.62. The molecule has 0 aliphatic heterocycles. The van der Waals surface area contributed by atoms with Crippen molar-refractivity contribution < 1.29 is 14.7 Å². The van der Waals surface area contributed by atoms with Crippen molar-refractivity contribution in [2.45, 2.75) is 65.3 Å². The maximum absolute atomic E-state index is 11.8. The standard InChI is InChI=1S/C15H28N2O3/c1-4-11(9-13(18)19)10-16-14(20)17-12-5-7-15(2,3)8-6-12/h11-12H,4-10H2,1-3H3,(H,18,19)(H2,16,17,20). The average molecular weight is 284 g/mol. The zero-order valence-corrected chi connectivity index (χ0v) is 12.9. The molecular weight excluding hydrogens is 256 g/mol. The number of amides is 2. The second-order valence-electron chi connectivity index (χ2n) is 6.66. The lowest BCUT2D eigenvalue weighted by Crippen LogP contribution is -2.45. The highest BCUT2D eigenvalue weighted by Gasteiger charge is 2.27. The van der Waals surface area contributed by atoms with Crippen molar-refractivity contribution in [1.29, 1.82) is 0 Å². The van der Waals surface area contributed by atoms with E-state index in [2.05, 4.69) is 24.5 Å². The van der Waals surface area contributed by atoms with E-state index < -0.39 is 5.97 Å². The molecule has 20 heavy (non-hydrogen) atoms. The molecule has 1 unspecified atom stereocenters. The van der Waals surface area contributed by atoms with Crippen molar-refractivity contribution in [1.82, 2.24) is 10.6 Å². The summed E-state index contributed by atoms with van der Waals surface area (Å²) in [6.45, 7) is 6.89. The number of carbonyl (C=O) groups is 2. The molecule has 0 radical (unpaired) electrons. The van der Waals surface area contributed by atoms with Crippen LogP contribution in [-0.2, 0) is 4.79 Å². The summed E-state index contributed by atoms with van der Waals surface area (Å²) in [6, 6.07) is 0.0844. The maximum Gasteiger partial charge on any atom is 0.315 e. The normalized spacial score (nSPS) is 20.1. The summed E-state index contributed by atoms with van der Waals surface area (Å²) in [6.07, 6.45) is 5.17. The number of aliphatic carboxylic acids is 1. The van der Waals surface area contributed by atoms with Crippen molar-refractivity contribution in [2.24, 2.45) is 11.3 Å². The Morgan fingerprint density at radius 3 is 2.40 bits per heavy atom. The van der Waals surface area contributed by atoms with Gasteiger partial charge in [-0.3, -0.25) is 4.79 Å². The highest BCUT2D eigenvalue weighted by Crippen LogP contribution is 2.34. The molecule has 0 bridgehead atoms. The number of hydrogen-bond acceptors (Lipinski definition) is 2. The topological polar surface area (TPSA) is 78.4 Å². The molecule has 2 amide bonds. The van der Waals surface area contributed by atoms with Crippen molar-refractivity contribution in [3.63, 3.8) is 0 Å². The van der Waals surface area contributed by atoms with E-state index in [1.165, 1.54) is 0 Å². The first-order valence-corrected chi connectivity index (χ1v) is 7.58. The quantitative estimate of drug-likeness (QED) is 0.701. The molecule has 0 heterocycles. The summed E-state index contributed by atoms with van der Waals surface area (Å²) < 4.78 is 0. The first kappa shape index (κ1) is 16.8. The summed E-state index contributed by atoms with van der Waals surface area (Å²) >= 11 is 0. The lowest BCUT2D eigenvalue weighted by Gasteiger charge is -2.34. The average Bonchev–Trinajstić information content (AvgIpc) is 2.36. The molecule has 5 heteroatoms. The number of carboxylic acids is 1. The molecular formula is C15H28N2O3. The van der Waals surface area contributed by atoms with Gasteiger partial charge in [0, 0.05) is 19.0 Å². The summed E-state index contributed by atoms with van der Waals surface area (Å²) in [5, 5.41) is 14.5. The van der Waals surface area contributed by atoms with Gasteiger partial charge in [0.05, 0.1) is 0 Å². The minimum Gasteiger partial charge on any atom is -0.481 e. The van der Waals surface area contributed by atoms with Crippen LogP contribution in [0.3, 0.4) is 0 Å². The molecule has 1 aliphatic carbocycles. The molecule has 1 rings (SSSR count). The highest BCUT2D eigenvalue weighted by atomic mass is 16.4. The van der Waals surface area contributed by atoms with Gasteiger partial charge >= 0.3 is 12.0 Å². The van der Waals surface area contributed by atoms with Crippen LogP contribution in [0.15, 0.2) is 0 Å². The number of nitrogens with one attached hydrogen (secondary N) is 2. The first-order chi connectivity index (χ1) is 9.32. The van der Waals surface area contributed by atoms with Crippen LogP contribution in [0, 0.1) is 11.3 Å². The largest absolute Gasteiger partial charge is 0.481 e. The maximum atomic E-state index is 11.8. The second-order valence-corrected chi connectivity index (χ2v) is 6.66. The van der Waals surface area contributed by atoms with Gasteiger partial charge in [-0.25, -0.2) is 4.79 Å². The predicted octanol–water partition coefficient (Wildman–Crippen LogP) is 2.76. The van der Waals surface area contributed by atoms with Crippen molar-refractivity contribution in [3.05, 3.63) is 0 Å². The van der Waals surface area contributed by atoms with Crippen LogP contribution in [0.2, 0.25) is 0 Å². The van der Waals surface area contributed by atoms with Gasteiger partial charge < -0.3 is 15.7 Å². The van der Waals surface area contributed by atoms with Crippen molar-refractivity contribution in [2.75, 3.05) is 6.54 Å². The van der Waals surface area contributed by atoms with Gasteiger partial charge in [-0.1, -0.05) is 27.2 Å². The lowest BCUT2D eigenvalue weighted by atomic mass is 9.76. The SMILES string of the molecule is CCC(CNC(=O)NC1CCC(C)(C)CC1)CC(=O)O. The third-order valence-corrected chi connectivity index (χ3v) is 4.27. The molecule has 5 nitrogen and oxygen atoms in total. The number of carbonyl (C=O) groups excluding carboxylic acids is 1. The summed E-state index contributed by atoms with van der Waals surface area (Å²) in [5.41, 5.74) is 0.392. The Bertz CT molecular complexity index is 332. The van der Waals surface area contributed by atoms with Crippen LogP contribution >= 0.6 is 0 Å². The fourth-order valence-electron chi connectivity index (χ4n) is 2.62. The van der Waals surface area contributed by atoms with Crippen LogP contribution in [0.4, 0.5) is 4.79 Å². The van der Waals surface area contributed by atoms with Crippen LogP contribution in [0.1, 0.15) is 59.3 Å². The Balaban J connectivity index is 2.25. The molecule has 1 saturated carbocycles. The minimum absolute atomic E-state index is 0.00328. The Morgan fingerprint density at radius 1 is 1.30 bits per heavy atom. The van der Waals surface area contributed by atoms with Gasteiger partial charge in [0.1, 0.15) is 0 Å². The van der Waals surface area contributed by atoms with Crippen molar-refractivity contribution >= 4 is 12.0 Å². The molecule has 116 valence electrons. The van der Waals surface area contributed by atoms with E-state index in [9.17, 15) is 9.59 Å². The first-order valence-electron chi connectivity index (χ1n) is 7.58. The Labute approximate surface area is 121 Å². The molecule has 1 atom stereocenters. The molecule has 0 aromatic rings. The van der Waals surface area contributed by atoms with Gasteiger partial charge in [0.25, 0.3) is 0 Å². The Kier molecular flexibility index (Phi) is 6.30. The monoisotopic (exact) mass is 284 g/mol. The summed E-state index contributed by atoms with van der Waals surface area (Å²) in [7, 11) is 0. The van der Waals surface area contributed by atoms with Gasteiger partial charge in [-0.05, 0) is 37.0 Å². The van der Waals surface area contributed by atoms with Gasteiger partial charge in [-0.2, -0.15) is 0 Å². The van der Waals surface area contributed by atoms with Gasteiger partial charge in [0.2, 0.25) is 0 Å². The number of carboxylic acid groups (broad SMARTS) is 1. The molecule has 1 aliphatic rings. The van der Waals surface area contributed by atoms with E-state index in [0.717, 1.165) is 32.1 Å². The third kappa shape index (κ3) is 6.26. The van der Waals surface area contributed by atoms with Gasteiger partial charge in [0.15, 0.2) is 0 Å². The Hall–Kier alpha value is -1.26. The van der Waals surface area contributed by atoms with Crippen LogP contribution in [0.25, 0.3) is 0 Å². The van der Waals surface area contributed by atoms with Gasteiger partial charge in [-0.15, -0.1) is 0 Å². The second kappa shape index (κ2) is 7.50. The molecule has 3 N–H and O–H groups in total. The van der Waals surface area contributed by atoms with Crippen LogP contribution in [0.5, 0.6) is 0 Å². The van der Waals surface area contributed by atoms with E-state index in [1.807, 2.05) is 6.92 Å². The minimum atomic E-state index is -0.812. The van der Waals surface area contributed by atoms with E-state index >= 15 is 0 Å². The zero-order valence-electron chi connectivity index (χ0n) is 12.9.